The molecule has 0 amide bonds. The van der Waals surface area contributed by atoms with Crippen LogP contribution in [0.2, 0.25) is 0 Å². The molecule has 0 radical (unpaired) electrons. The Kier molecular flexibility index (Phi) is 2.48. The number of ether oxygens (including phenoxy) is 1. The molecule has 1 saturated carbocycles. The summed E-state index contributed by atoms with van der Waals surface area (Å²) in [5.74, 6) is 0. The Morgan fingerprint density at radius 1 is 1.56 bits per heavy atom. The zero-order valence-corrected chi connectivity index (χ0v) is 9.43. The van der Waals surface area contributed by atoms with Crippen molar-refractivity contribution in [3.8, 4) is 0 Å². The van der Waals surface area contributed by atoms with Gasteiger partial charge in [0.15, 0.2) is 0 Å². The summed E-state index contributed by atoms with van der Waals surface area (Å²) in [5, 5.41) is 13.4. The first-order valence-electron chi connectivity index (χ1n) is 6.09. The molecule has 3 rings (SSSR count). The lowest BCUT2D eigenvalue weighted by molar-refractivity contribution is -0.141. The third-order valence-corrected chi connectivity index (χ3v) is 3.94. The van der Waals surface area contributed by atoms with Gasteiger partial charge in [-0.05, 0) is 32.1 Å². The predicted octanol–water partition coefficient (Wildman–Crippen LogP) is 1.65. The van der Waals surface area contributed by atoms with Gasteiger partial charge >= 0.3 is 0 Å². The predicted molar refractivity (Wildman–Crippen MR) is 59.0 cm³/mol. The van der Waals surface area contributed by atoms with E-state index < -0.39 is 0 Å². The van der Waals surface area contributed by atoms with Gasteiger partial charge in [-0.25, -0.2) is 0 Å². The van der Waals surface area contributed by atoms with Gasteiger partial charge in [-0.2, -0.15) is 5.10 Å². The molecule has 1 aromatic rings. The fourth-order valence-corrected chi connectivity index (χ4v) is 2.81. The molecular weight excluding hydrogens is 204 g/mol. The van der Waals surface area contributed by atoms with E-state index in [1.807, 2.05) is 10.9 Å². The Balaban J connectivity index is 1.74. The lowest BCUT2D eigenvalue weighted by Gasteiger charge is -2.47. The number of nitrogens with zero attached hydrogens (tertiary/aromatic N) is 2. The fraction of sp³-hybridized carbons (Fsp3) is 0.750. The van der Waals surface area contributed by atoms with Gasteiger partial charge in [0, 0.05) is 18.4 Å². The molecule has 4 nitrogen and oxygen atoms in total. The zero-order chi connectivity index (χ0) is 11.0. The minimum Gasteiger partial charge on any atom is -0.392 e. The summed E-state index contributed by atoms with van der Waals surface area (Å²) in [6.07, 6.45) is 9.54. The summed E-state index contributed by atoms with van der Waals surface area (Å²) in [5.41, 5.74) is 1.06. The number of hydrogen-bond donors (Lipinski definition) is 1. The van der Waals surface area contributed by atoms with Crippen molar-refractivity contribution in [3.63, 3.8) is 0 Å². The molecule has 88 valence electrons. The second-order valence-corrected chi connectivity index (χ2v) is 5.02. The molecule has 2 heterocycles. The third kappa shape index (κ3) is 1.66. The van der Waals surface area contributed by atoms with Crippen molar-refractivity contribution in [2.75, 3.05) is 6.61 Å². The van der Waals surface area contributed by atoms with Gasteiger partial charge in [0.05, 0.1) is 24.4 Å². The topological polar surface area (TPSA) is 47.3 Å². The molecule has 1 aliphatic heterocycles. The summed E-state index contributed by atoms with van der Waals surface area (Å²) in [7, 11) is 0. The van der Waals surface area contributed by atoms with Gasteiger partial charge in [-0.1, -0.05) is 0 Å². The SMILES string of the molecule is OCc1cnn(C2CCOC3(CCC3)C2)c1. The number of rotatable bonds is 2. The molecule has 0 bridgehead atoms. The second kappa shape index (κ2) is 3.86. The molecule has 1 unspecified atom stereocenters. The number of aliphatic hydroxyl groups excluding tert-OH is 1. The van der Waals surface area contributed by atoms with E-state index in [9.17, 15) is 0 Å². The summed E-state index contributed by atoms with van der Waals surface area (Å²) < 4.78 is 7.90. The highest BCUT2D eigenvalue weighted by Crippen LogP contribution is 2.45. The summed E-state index contributed by atoms with van der Waals surface area (Å²) >= 11 is 0. The molecule has 2 fully saturated rings. The van der Waals surface area contributed by atoms with E-state index in [4.69, 9.17) is 9.84 Å². The van der Waals surface area contributed by atoms with Crippen LogP contribution in [0.3, 0.4) is 0 Å². The van der Waals surface area contributed by atoms with Crippen molar-refractivity contribution in [2.24, 2.45) is 0 Å². The van der Waals surface area contributed by atoms with Gasteiger partial charge < -0.3 is 9.84 Å². The van der Waals surface area contributed by atoms with Crippen LogP contribution >= 0.6 is 0 Å². The van der Waals surface area contributed by atoms with Crippen LogP contribution in [0.5, 0.6) is 0 Å². The lowest BCUT2D eigenvalue weighted by Crippen LogP contribution is -2.46. The average molecular weight is 222 g/mol. The highest BCUT2D eigenvalue weighted by molar-refractivity contribution is 5.04. The van der Waals surface area contributed by atoms with Crippen molar-refractivity contribution in [3.05, 3.63) is 18.0 Å². The number of hydrogen-bond acceptors (Lipinski definition) is 3. The van der Waals surface area contributed by atoms with E-state index in [1.54, 1.807) is 6.20 Å². The first kappa shape index (κ1) is 10.3. The van der Waals surface area contributed by atoms with E-state index in [0.29, 0.717) is 6.04 Å². The molecule has 2 aliphatic rings. The zero-order valence-electron chi connectivity index (χ0n) is 9.43. The maximum Gasteiger partial charge on any atom is 0.0712 e. The van der Waals surface area contributed by atoms with Crippen LogP contribution < -0.4 is 0 Å². The van der Waals surface area contributed by atoms with Crippen LogP contribution in [-0.4, -0.2) is 27.1 Å². The van der Waals surface area contributed by atoms with E-state index in [2.05, 4.69) is 5.10 Å². The second-order valence-electron chi connectivity index (χ2n) is 5.02. The molecule has 1 aromatic heterocycles. The van der Waals surface area contributed by atoms with Crippen LogP contribution in [0.25, 0.3) is 0 Å². The quantitative estimate of drug-likeness (QED) is 0.827. The third-order valence-electron chi connectivity index (χ3n) is 3.94. The fourth-order valence-electron chi connectivity index (χ4n) is 2.81. The Morgan fingerprint density at radius 3 is 3.06 bits per heavy atom. The van der Waals surface area contributed by atoms with E-state index in [0.717, 1.165) is 25.0 Å². The molecule has 1 spiro atoms. The number of aliphatic hydroxyl groups is 1. The van der Waals surface area contributed by atoms with Crippen LogP contribution in [0.15, 0.2) is 12.4 Å². The summed E-state index contributed by atoms with van der Waals surface area (Å²) in [6, 6.07) is 0.453. The standard InChI is InChI=1S/C12H18N2O2/c15-9-10-7-13-14(8-10)11-2-5-16-12(6-11)3-1-4-12/h7-8,11,15H,1-6,9H2. The molecule has 1 aliphatic carbocycles. The van der Waals surface area contributed by atoms with Gasteiger partial charge in [0.1, 0.15) is 0 Å². The smallest absolute Gasteiger partial charge is 0.0712 e. The van der Waals surface area contributed by atoms with Crippen molar-refractivity contribution in [2.45, 2.75) is 50.4 Å². The van der Waals surface area contributed by atoms with Crippen LogP contribution in [0.1, 0.15) is 43.7 Å². The van der Waals surface area contributed by atoms with Crippen molar-refractivity contribution in [1.29, 1.82) is 0 Å². The van der Waals surface area contributed by atoms with Gasteiger partial charge in [-0.15, -0.1) is 0 Å². The molecule has 1 saturated heterocycles. The molecule has 1 N–H and O–H groups in total. The van der Waals surface area contributed by atoms with Gasteiger partial charge in [-0.3, -0.25) is 4.68 Å². The molecule has 16 heavy (non-hydrogen) atoms. The monoisotopic (exact) mass is 222 g/mol. The Labute approximate surface area is 95.2 Å². The van der Waals surface area contributed by atoms with E-state index in [-0.39, 0.29) is 12.2 Å². The van der Waals surface area contributed by atoms with E-state index >= 15 is 0 Å². The van der Waals surface area contributed by atoms with Crippen molar-refractivity contribution >= 4 is 0 Å². The maximum atomic E-state index is 9.03. The van der Waals surface area contributed by atoms with Gasteiger partial charge in [0.2, 0.25) is 0 Å². The minimum atomic E-state index is 0.0777. The molecule has 4 heteroatoms. The van der Waals surface area contributed by atoms with Crippen molar-refractivity contribution < 1.29 is 9.84 Å². The van der Waals surface area contributed by atoms with Crippen LogP contribution in [0, 0.1) is 0 Å². The Hall–Kier alpha value is -0.870. The molecule has 1 atom stereocenters. The summed E-state index contributed by atoms with van der Waals surface area (Å²) in [6.45, 7) is 0.924. The van der Waals surface area contributed by atoms with Crippen LogP contribution in [-0.2, 0) is 11.3 Å². The normalized spacial score (nSPS) is 27.9. The maximum absolute atomic E-state index is 9.03. The minimum absolute atomic E-state index is 0.0777. The number of aromatic nitrogens is 2. The summed E-state index contributed by atoms with van der Waals surface area (Å²) in [4.78, 5) is 0. The highest BCUT2D eigenvalue weighted by Gasteiger charge is 2.43. The van der Waals surface area contributed by atoms with Crippen molar-refractivity contribution in [1.82, 2.24) is 9.78 Å². The highest BCUT2D eigenvalue weighted by atomic mass is 16.5. The Morgan fingerprint density at radius 2 is 2.44 bits per heavy atom. The van der Waals surface area contributed by atoms with Gasteiger partial charge in [0.25, 0.3) is 0 Å². The largest absolute Gasteiger partial charge is 0.392 e. The Bertz CT molecular complexity index is 371. The lowest BCUT2D eigenvalue weighted by atomic mass is 9.74. The van der Waals surface area contributed by atoms with Crippen LogP contribution in [0.4, 0.5) is 0 Å². The average Bonchev–Trinajstić information content (AvgIpc) is 2.76. The molecule has 0 aromatic carbocycles. The molecular formula is C12H18N2O2. The van der Waals surface area contributed by atoms with E-state index in [1.165, 1.54) is 19.3 Å². The first-order chi connectivity index (χ1) is 7.81. The first-order valence-corrected chi connectivity index (χ1v) is 6.09.